The van der Waals surface area contributed by atoms with E-state index in [0.717, 1.165) is 17.7 Å². The number of benzene rings is 1. The maximum atomic E-state index is 13.6. The fraction of sp³-hybridized carbons (Fsp3) is 0.200. The maximum Gasteiger partial charge on any atom is 0.226 e. The van der Waals surface area contributed by atoms with Crippen LogP contribution in [0.25, 0.3) is 0 Å². The first-order valence-corrected chi connectivity index (χ1v) is 7.78. The Morgan fingerprint density at radius 3 is 2.61 bits per heavy atom. The second-order valence-electron chi connectivity index (χ2n) is 4.87. The van der Waals surface area contributed by atoms with Gasteiger partial charge in [-0.05, 0) is 46.6 Å². The van der Waals surface area contributed by atoms with Gasteiger partial charge in [0.25, 0.3) is 0 Å². The van der Waals surface area contributed by atoms with Crippen molar-refractivity contribution < 1.29 is 8.78 Å². The van der Waals surface area contributed by atoms with E-state index >= 15 is 0 Å². The van der Waals surface area contributed by atoms with Gasteiger partial charge in [-0.15, -0.1) is 0 Å². The molecule has 0 fully saturated rings. The van der Waals surface area contributed by atoms with E-state index in [1.54, 1.807) is 11.9 Å². The van der Waals surface area contributed by atoms with Gasteiger partial charge in [-0.2, -0.15) is 9.97 Å². The van der Waals surface area contributed by atoms with Crippen LogP contribution in [0.5, 0.6) is 0 Å². The van der Waals surface area contributed by atoms with Crippen molar-refractivity contribution >= 4 is 44.9 Å². The van der Waals surface area contributed by atoms with Gasteiger partial charge in [-0.25, -0.2) is 8.78 Å². The van der Waals surface area contributed by atoms with Crippen LogP contribution in [0.2, 0.25) is 5.28 Å². The van der Waals surface area contributed by atoms with Crippen molar-refractivity contribution in [2.75, 3.05) is 23.8 Å². The molecule has 0 radical (unpaired) electrons. The van der Waals surface area contributed by atoms with Crippen LogP contribution in [-0.4, -0.2) is 23.6 Å². The largest absolute Gasteiger partial charge is 0.372 e. The van der Waals surface area contributed by atoms with E-state index in [1.165, 1.54) is 6.07 Å². The van der Waals surface area contributed by atoms with Crippen molar-refractivity contribution in [2.45, 2.75) is 6.92 Å². The normalized spacial score (nSPS) is 10.5. The Balaban J connectivity index is 2.61. The SMILES string of the molecule is C=C(C)CN(c1ccc(F)c(F)c1)c1nc(Cl)nc(NC)c1Br. The summed E-state index contributed by atoms with van der Waals surface area (Å²) in [6.45, 7) is 6.03. The molecular formula is C15H14BrClF2N4. The molecule has 122 valence electrons. The standard InChI is InChI=1S/C15H14BrClF2N4/c1-8(2)7-23(9-4-5-10(18)11(19)6-9)14-12(16)13(20-3)21-15(17)22-14/h4-6H,1,7H2,2-3H3,(H,20,21,22). The molecule has 1 aromatic heterocycles. The molecule has 0 saturated heterocycles. The van der Waals surface area contributed by atoms with Gasteiger partial charge in [0.2, 0.25) is 5.28 Å². The number of rotatable bonds is 5. The third kappa shape index (κ3) is 3.97. The van der Waals surface area contributed by atoms with Crippen LogP contribution >= 0.6 is 27.5 Å². The Morgan fingerprint density at radius 1 is 1.35 bits per heavy atom. The van der Waals surface area contributed by atoms with Crippen LogP contribution < -0.4 is 10.2 Å². The minimum absolute atomic E-state index is 0.0295. The molecule has 0 amide bonds. The number of nitrogens with zero attached hydrogens (tertiary/aromatic N) is 3. The smallest absolute Gasteiger partial charge is 0.226 e. The fourth-order valence-electron chi connectivity index (χ4n) is 1.96. The Morgan fingerprint density at radius 2 is 2.04 bits per heavy atom. The third-order valence-electron chi connectivity index (χ3n) is 2.94. The first kappa shape index (κ1) is 17.6. The zero-order chi connectivity index (χ0) is 17.1. The highest BCUT2D eigenvalue weighted by Crippen LogP contribution is 2.36. The third-order valence-corrected chi connectivity index (χ3v) is 3.84. The monoisotopic (exact) mass is 402 g/mol. The lowest BCUT2D eigenvalue weighted by Gasteiger charge is -2.26. The molecule has 0 atom stereocenters. The van der Waals surface area contributed by atoms with Gasteiger partial charge < -0.3 is 10.2 Å². The van der Waals surface area contributed by atoms with Crippen molar-refractivity contribution in [3.63, 3.8) is 0 Å². The fourth-order valence-corrected chi connectivity index (χ4v) is 2.72. The van der Waals surface area contributed by atoms with Crippen LogP contribution in [0.3, 0.4) is 0 Å². The van der Waals surface area contributed by atoms with E-state index in [0.29, 0.717) is 28.3 Å². The van der Waals surface area contributed by atoms with Gasteiger partial charge in [0.05, 0.1) is 0 Å². The van der Waals surface area contributed by atoms with Crippen molar-refractivity contribution in [2.24, 2.45) is 0 Å². The summed E-state index contributed by atoms with van der Waals surface area (Å²) in [5.74, 6) is -0.961. The quantitative estimate of drug-likeness (QED) is 0.568. The number of nitrogens with one attached hydrogen (secondary N) is 1. The average molecular weight is 404 g/mol. The average Bonchev–Trinajstić information content (AvgIpc) is 2.49. The molecule has 1 N–H and O–H groups in total. The molecule has 23 heavy (non-hydrogen) atoms. The maximum absolute atomic E-state index is 13.6. The lowest BCUT2D eigenvalue weighted by Crippen LogP contribution is -2.21. The van der Waals surface area contributed by atoms with E-state index in [-0.39, 0.29) is 5.28 Å². The predicted molar refractivity (Wildman–Crippen MR) is 92.5 cm³/mol. The first-order chi connectivity index (χ1) is 10.8. The van der Waals surface area contributed by atoms with Crippen molar-refractivity contribution in [1.82, 2.24) is 9.97 Å². The summed E-state index contributed by atoms with van der Waals surface area (Å²) in [6.07, 6.45) is 0. The second-order valence-corrected chi connectivity index (χ2v) is 6.00. The van der Waals surface area contributed by atoms with Crippen LogP contribution in [0, 0.1) is 11.6 Å². The molecule has 1 aromatic carbocycles. The van der Waals surface area contributed by atoms with Crippen LogP contribution in [0.15, 0.2) is 34.8 Å². The molecule has 8 heteroatoms. The Labute approximate surface area is 146 Å². The molecule has 2 aromatic rings. The molecule has 0 aliphatic rings. The zero-order valence-electron chi connectivity index (χ0n) is 12.5. The van der Waals surface area contributed by atoms with Gasteiger partial charge in [0.1, 0.15) is 10.3 Å². The Bertz CT molecular complexity index is 754. The molecule has 1 heterocycles. The van der Waals surface area contributed by atoms with Gasteiger partial charge in [-0.1, -0.05) is 12.2 Å². The highest BCUT2D eigenvalue weighted by atomic mass is 79.9. The molecular weight excluding hydrogens is 390 g/mol. The Kier molecular flexibility index (Phi) is 5.54. The predicted octanol–water partition coefficient (Wildman–Crippen LogP) is 4.93. The molecule has 2 rings (SSSR count). The molecule has 0 aliphatic carbocycles. The first-order valence-electron chi connectivity index (χ1n) is 6.61. The van der Waals surface area contributed by atoms with Gasteiger partial charge in [0.15, 0.2) is 17.5 Å². The minimum Gasteiger partial charge on any atom is -0.372 e. The molecule has 0 aliphatic heterocycles. The van der Waals surface area contributed by atoms with Crippen molar-refractivity contribution in [3.05, 3.63) is 51.7 Å². The summed E-state index contributed by atoms with van der Waals surface area (Å²) in [6, 6.07) is 3.62. The van der Waals surface area contributed by atoms with Gasteiger partial charge >= 0.3 is 0 Å². The summed E-state index contributed by atoms with van der Waals surface area (Å²) < 4.78 is 27.4. The lowest BCUT2D eigenvalue weighted by molar-refractivity contribution is 0.508. The summed E-state index contributed by atoms with van der Waals surface area (Å²) in [4.78, 5) is 9.92. The lowest BCUT2D eigenvalue weighted by atomic mass is 10.2. The highest BCUT2D eigenvalue weighted by molar-refractivity contribution is 9.10. The zero-order valence-corrected chi connectivity index (χ0v) is 14.8. The van der Waals surface area contributed by atoms with E-state index in [9.17, 15) is 8.78 Å². The van der Waals surface area contributed by atoms with Crippen LogP contribution in [-0.2, 0) is 0 Å². The van der Waals surface area contributed by atoms with E-state index in [2.05, 4.69) is 37.8 Å². The summed E-state index contributed by atoms with van der Waals surface area (Å²) in [7, 11) is 1.69. The highest BCUT2D eigenvalue weighted by Gasteiger charge is 2.20. The summed E-state index contributed by atoms with van der Waals surface area (Å²) in [5, 5.41) is 2.92. The van der Waals surface area contributed by atoms with E-state index in [4.69, 9.17) is 11.6 Å². The minimum atomic E-state index is -0.945. The summed E-state index contributed by atoms with van der Waals surface area (Å²) in [5.41, 5.74) is 1.23. The van der Waals surface area contributed by atoms with E-state index in [1.807, 2.05) is 6.92 Å². The molecule has 0 unspecified atom stereocenters. The number of hydrogen-bond acceptors (Lipinski definition) is 4. The number of anilines is 3. The van der Waals surface area contributed by atoms with E-state index < -0.39 is 11.6 Å². The van der Waals surface area contributed by atoms with Gasteiger partial charge in [0, 0.05) is 25.3 Å². The molecule has 0 saturated carbocycles. The molecule has 0 bridgehead atoms. The number of aromatic nitrogens is 2. The Hall–Kier alpha value is -1.73. The number of halogens is 4. The van der Waals surface area contributed by atoms with Crippen molar-refractivity contribution in [3.8, 4) is 0 Å². The second kappa shape index (κ2) is 7.23. The molecule has 4 nitrogen and oxygen atoms in total. The molecule has 0 spiro atoms. The van der Waals surface area contributed by atoms with Crippen molar-refractivity contribution in [1.29, 1.82) is 0 Å². The topological polar surface area (TPSA) is 41.1 Å². The van der Waals surface area contributed by atoms with Crippen LogP contribution in [0.4, 0.5) is 26.1 Å². The van der Waals surface area contributed by atoms with Gasteiger partial charge in [-0.3, -0.25) is 0 Å². The van der Waals surface area contributed by atoms with Crippen LogP contribution in [0.1, 0.15) is 6.92 Å². The summed E-state index contributed by atoms with van der Waals surface area (Å²) >= 11 is 9.37. The number of hydrogen-bond donors (Lipinski definition) is 1.